The summed E-state index contributed by atoms with van der Waals surface area (Å²) in [6, 6.07) is 8.27. The van der Waals surface area contributed by atoms with Crippen molar-refractivity contribution in [1.82, 2.24) is 9.80 Å². The van der Waals surface area contributed by atoms with E-state index in [4.69, 9.17) is 5.26 Å². The average molecular weight is 335 g/mol. The molecule has 0 unspecified atom stereocenters. The number of hydrogen-bond donors (Lipinski definition) is 0. The van der Waals surface area contributed by atoms with Crippen LogP contribution in [0.3, 0.4) is 0 Å². The fraction of sp³-hybridized carbons (Fsp3) is 0.588. The molecule has 0 saturated carbocycles. The van der Waals surface area contributed by atoms with Gasteiger partial charge in [0.2, 0.25) is 0 Å². The highest BCUT2D eigenvalue weighted by Gasteiger charge is 2.19. The Labute approximate surface area is 139 Å². The third kappa shape index (κ3) is 5.31. The lowest BCUT2D eigenvalue weighted by Crippen LogP contribution is -2.34. The molecule has 1 heterocycles. The van der Waals surface area contributed by atoms with Crippen molar-refractivity contribution in [1.29, 1.82) is 5.26 Å². The van der Waals surface area contributed by atoms with Crippen molar-refractivity contribution in [3.8, 4) is 6.07 Å². The van der Waals surface area contributed by atoms with Crippen molar-refractivity contribution < 1.29 is 8.42 Å². The summed E-state index contributed by atoms with van der Waals surface area (Å²) in [6.07, 6.45) is 2.24. The van der Waals surface area contributed by atoms with E-state index in [2.05, 4.69) is 16.7 Å². The minimum Gasteiger partial charge on any atom is -0.302 e. The predicted octanol–water partition coefficient (Wildman–Crippen LogP) is 1.75. The molecular weight excluding hydrogens is 310 g/mol. The molecule has 0 radical (unpaired) electrons. The Hall–Kier alpha value is -1.42. The first-order chi connectivity index (χ1) is 11.0. The van der Waals surface area contributed by atoms with E-state index in [1.54, 1.807) is 18.2 Å². The van der Waals surface area contributed by atoms with E-state index in [-0.39, 0.29) is 10.6 Å². The van der Waals surface area contributed by atoms with E-state index < -0.39 is 9.84 Å². The molecule has 0 aliphatic carbocycles. The van der Waals surface area contributed by atoms with Crippen molar-refractivity contribution in [3.05, 3.63) is 29.8 Å². The first-order valence-corrected chi connectivity index (χ1v) is 9.88. The average Bonchev–Trinajstić information content (AvgIpc) is 2.79. The fourth-order valence-corrected chi connectivity index (χ4v) is 4.24. The van der Waals surface area contributed by atoms with Crippen molar-refractivity contribution in [2.75, 3.05) is 45.0 Å². The summed E-state index contributed by atoms with van der Waals surface area (Å²) in [4.78, 5) is 4.94. The van der Waals surface area contributed by atoms with Crippen LogP contribution in [0.15, 0.2) is 29.2 Å². The molecule has 5 nitrogen and oxygen atoms in total. The summed E-state index contributed by atoms with van der Waals surface area (Å²) in [7, 11) is -3.33. The van der Waals surface area contributed by atoms with Crippen LogP contribution in [0.1, 0.15) is 25.3 Å². The summed E-state index contributed by atoms with van der Waals surface area (Å²) < 4.78 is 24.9. The van der Waals surface area contributed by atoms with Crippen LogP contribution in [-0.4, -0.2) is 63.2 Å². The molecule has 1 saturated heterocycles. The highest BCUT2D eigenvalue weighted by atomic mass is 32.2. The lowest BCUT2D eigenvalue weighted by atomic mass is 10.2. The zero-order valence-corrected chi connectivity index (χ0v) is 14.6. The van der Waals surface area contributed by atoms with E-state index in [1.807, 2.05) is 6.07 Å². The Morgan fingerprint density at radius 1 is 1.13 bits per heavy atom. The molecule has 0 aromatic heterocycles. The molecule has 126 valence electrons. The number of sulfone groups is 1. The summed E-state index contributed by atoms with van der Waals surface area (Å²) in [5.74, 6) is 0.107. The molecule has 0 bridgehead atoms. The SMILES string of the molecule is CCCN1CCCN(CCS(=O)(=O)c2cccc(C#N)c2)CC1. The molecule has 2 rings (SSSR count). The van der Waals surface area contributed by atoms with Crippen LogP contribution in [0.25, 0.3) is 0 Å². The number of rotatable bonds is 6. The molecule has 1 aromatic rings. The van der Waals surface area contributed by atoms with Crippen LogP contribution in [0.2, 0.25) is 0 Å². The van der Waals surface area contributed by atoms with Gasteiger partial charge in [-0.1, -0.05) is 13.0 Å². The first kappa shape index (κ1) is 17.9. The second-order valence-corrected chi connectivity index (χ2v) is 8.10. The largest absolute Gasteiger partial charge is 0.302 e. The van der Waals surface area contributed by atoms with Gasteiger partial charge in [0, 0.05) is 19.6 Å². The van der Waals surface area contributed by atoms with Gasteiger partial charge in [-0.25, -0.2) is 8.42 Å². The standard InChI is InChI=1S/C17H25N3O2S/c1-2-7-19-8-4-9-20(11-10-19)12-13-23(21,22)17-6-3-5-16(14-17)15-18/h3,5-6,14H,2,4,7-13H2,1H3. The summed E-state index contributed by atoms with van der Waals surface area (Å²) in [5.41, 5.74) is 0.385. The Morgan fingerprint density at radius 3 is 2.48 bits per heavy atom. The number of hydrogen-bond acceptors (Lipinski definition) is 5. The second-order valence-electron chi connectivity index (χ2n) is 6.00. The molecule has 0 spiro atoms. The number of nitriles is 1. The lowest BCUT2D eigenvalue weighted by molar-refractivity contribution is 0.264. The van der Waals surface area contributed by atoms with Gasteiger partial charge in [-0.2, -0.15) is 5.26 Å². The monoisotopic (exact) mass is 335 g/mol. The second kappa shape index (κ2) is 8.44. The Kier molecular flexibility index (Phi) is 6.58. The van der Waals surface area contributed by atoms with Gasteiger partial charge in [-0.05, 0) is 50.7 Å². The third-order valence-corrected chi connectivity index (χ3v) is 5.91. The molecule has 6 heteroatoms. The molecule has 0 atom stereocenters. The molecule has 1 aromatic carbocycles. The van der Waals surface area contributed by atoms with Gasteiger partial charge in [0.1, 0.15) is 0 Å². The Balaban J connectivity index is 1.93. The predicted molar refractivity (Wildman–Crippen MR) is 91.0 cm³/mol. The normalized spacial score (nSPS) is 17.6. The van der Waals surface area contributed by atoms with Crippen molar-refractivity contribution >= 4 is 9.84 Å². The van der Waals surface area contributed by atoms with E-state index in [0.717, 1.165) is 45.6 Å². The van der Waals surface area contributed by atoms with Crippen LogP contribution in [0, 0.1) is 11.3 Å². The maximum Gasteiger partial charge on any atom is 0.179 e. The van der Waals surface area contributed by atoms with E-state index >= 15 is 0 Å². The topological polar surface area (TPSA) is 64.4 Å². The molecule has 0 amide bonds. The van der Waals surface area contributed by atoms with Gasteiger partial charge in [0.05, 0.1) is 22.3 Å². The van der Waals surface area contributed by atoms with Gasteiger partial charge < -0.3 is 9.80 Å². The van der Waals surface area contributed by atoms with Gasteiger partial charge >= 0.3 is 0 Å². The quantitative estimate of drug-likeness (QED) is 0.792. The first-order valence-electron chi connectivity index (χ1n) is 8.23. The lowest BCUT2D eigenvalue weighted by Gasteiger charge is -2.21. The summed E-state index contributed by atoms with van der Waals surface area (Å²) in [6.45, 7) is 7.84. The van der Waals surface area contributed by atoms with Crippen molar-refractivity contribution in [2.24, 2.45) is 0 Å². The van der Waals surface area contributed by atoms with Crippen molar-refractivity contribution in [3.63, 3.8) is 0 Å². The van der Waals surface area contributed by atoms with E-state index in [1.165, 1.54) is 6.07 Å². The van der Waals surface area contributed by atoms with E-state index in [9.17, 15) is 8.42 Å². The molecular formula is C17H25N3O2S. The zero-order chi connectivity index (χ0) is 16.7. The molecule has 1 fully saturated rings. The van der Waals surface area contributed by atoms with Gasteiger partial charge in [-0.3, -0.25) is 0 Å². The van der Waals surface area contributed by atoms with Crippen LogP contribution in [-0.2, 0) is 9.84 Å². The smallest absolute Gasteiger partial charge is 0.179 e. The summed E-state index contributed by atoms with van der Waals surface area (Å²) >= 11 is 0. The highest BCUT2D eigenvalue weighted by molar-refractivity contribution is 7.91. The maximum absolute atomic E-state index is 12.4. The maximum atomic E-state index is 12.4. The minimum atomic E-state index is -3.33. The van der Waals surface area contributed by atoms with Gasteiger partial charge in [0.15, 0.2) is 9.84 Å². The minimum absolute atomic E-state index is 0.107. The van der Waals surface area contributed by atoms with Crippen LogP contribution >= 0.6 is 0 Å². The van der Waals surface area contributed by atoms with Crippen LogP contribution in [0.4, 0.5) is 0 Å². The zero-order valence-electron chi connectivity index (χ0n) is 13.7. The van der Waals surface area contributed by atoms with Gasteiger partial charge in [0.25, 0.3) is 0 Å². The summed E-state index contributed by atoms with van der Waals surface area (Å²) in [5, 5.41) is 8.90. The van der Waals surface area contributed by atoms with Crippen molar-refractivity contribution in [2.45, 2.75) is 24.7 Å². The van der Waals surface area contributed by atoms with Crippen LogP contribution < -0.4 is 0 Å². The Bertz CT molecular complexity index is 652. The molecule has 23 heavy (non-hydrogen) atoms. The molecule has 1 aliphatic heterocycles. The van der Waals surface area contributed by atoms with E-state index in [0.29, 0.717) is 12.1 Å². The molecule has 1 aliphatic rings. The Morgan fingerprint density at radius 2 is 1.83 bits per heavy atom. The number of nitrogens with zero attached hydrogens (tertiary/aromatic N) is 3. The van der Waals surface area contributed by atoms with Crippen LogP contribution in [0.5, 0.6) is 0 Å². The molecule has 0 N–H and O–H groups in total. The number of benzene rings is 1. The fourth-order valence-electron chi connectivity index (χ4n) is 2.91. The highest BCUT2D eigenvalue weighted by Crippen LogP contribution is 2.14. The third-order valence-electron chi connectivity index (χ3n) is 4.22. The van der Waals surface area contributed by atoms with Gasteiger partial charge in [-0.15, -0.1) is 0 Å².